The quantitative estimate of drug-likeness (QED) is 0.726. The summed E-state index contributed by atoms with van der Waals surface area (Å²) in [6.07, 6.45) is 2.90. The lowest BCUT2D eigenvalue weighted by Crippen LogP contribution is -2.32. The molecule has 1 atom stereocenters. The average Bonchev–Trinajstić information content (AvgIpc) is 3.00. The maximum absolute atomic E-state index is 12.0. The van der Waals surface area contributed by atoms with Crippen LogP contribution >= 0.6 is 0 Å². The Balaban J connectivity index is 1.40. The highest BCUT2D eigenvalue weighted by atomic mass is 32.2. The summed E-state index contributed by atoms with van der Waals surface area (Å²) < 4.78 is 27.8. The van der Waals surface area contributed by atoms with Crippen molar-refractivity contribution in [1.29, 1.82) is 0 Å². The summed E-state index contributed by atoms with van der Waals surface area (Å²) in [7, 11) is -3.02. The van der Waals surface area contributed by atoms with Crippen molar-refractivity contribution in [3.63, 3.8) is 0 Å². The molecule has 0 spiro atoms. The van der Waals surface area contributed by atoms with Gasteiger partial charge in [0.2, 0.25) is 0 Å². The minimum atomic E-state index is -3.02. The van der Waals surface area contributed by atoms with E-state index in [0.29, 0.717) is 12.1 Å². The first-order chi connectivity index (χ1) is 13.3. The number of sulfone groups is 1. The number of hydrogen-bond acceptors (Lipinski definition) is 6. The van der Waals surface area contributed by atoms with Crippen LogP contribution in [0.3, 0.4) is 0 Å². The summed E-state index contributed by atoms with van der Waals surface area (Å²) in [5.41, 5.74) is 1.79. The smallest absolute Gasteiger partial charge is 0.306 e. The molecule has 1 amide bonds. The highest BCUT2D eigenvalue weighted by Gasteiger charge is 2.30. The molecule has 3 rings (SSSR count). The summed E-state index contributed by atoms with van der Waals surface area (Å²) >= 11 is 0. The number of carbonyl (C=O) groups is 2. The molecule has 0 aromatic heterocycles. The zero-order valence-corrected chi connectivity index (χ0v) is 17.0. The van der Waals surface area contributed by atoms with Crippen LogP contribution in [-0.2, 0) is 24.2 Å². The highest BCUT2D eigenvalue weighted by Crippen LogP contribution is 2.24. The second kappa shape index (κ2) is 8.94. The van der Waals surface area contributed by atoms with Gasteiger partial charge in [0.15, 0.2) is 16.4 Å². The van der Waals surface area contributed by atoms with Crippen molar-refractivity contribution in [2.24, 2.45) is 11.8 Å². The second-order valence-electron chi connectivity index (χ2n) is 7.90. The first-order valence-electron chi connectivity index (χ1n) is 9.81. The van der Waals surface area contributed by atoms with Crippen molar-refractivity contribution >= 4 is 33.1 Å². The van der Waals surface area contributed by atoms with E-state index in [4.69, 9.17) is 4.74 Å². The van der Waals surface area contributed by atoms with Gasteiger partial charge in [-0.3, -0.25) is 9.59 Å². The molecule has 1 aromatic carbocycles. The number of esters is 1. The Kier molecular flexibility index (Phi) is 6.59. The topological polar surface area (TPSA) is 92.8 Å². The molecular formula is C20H28N2O5S. The molecule has 1 aromatic rings. The van der Waals surface area contributed by atoms with Crippen LogP contribution in [0.5, 0.6) is 0 Å². The van der Waals surface area contributed by atoms with Gasteiger partial charge in [0, 0.05) is 30.9 Å². The van der Waals surface area contributed by atoms with E-state index in [0.717, 1.165) is 24.7 Å². The monoisotopic (exact) mass is 408 g/mol. The fourth-order valence-electron chi connectivity index (χ4n) is 3.69. The van der Waals surface area contributed by atoms with Gasteiger partial charge in [0.05, 0.1) is 11.5 Å². The molecule has 0 unspecified atom stereocenters. The number of hydrogen-bond donors (Lipinski definition) is 1. The van der Waals surface area contributed by atoms with Crippen LogP contribution in [-0.4, -0.2) is 51.5 Å². The molecule has 1 N–H and O–H groups in total. The predicted molar refractivity (Wildman–Crippen MR) is 108 cm³/mol. The normalized spacial score (nSPS) is 22.0. The van der Waals surface area contributed by atoms with E-state index < -0.39 is 21.7 Å². The van der Waals surface area contributed by atoms with Crippen molar-refractivity contribution in [2.45, 2.75) is 32.6 Å². The molecule has 2 aliphatic heterocycles. The summed E-state index contributed by atoms with van der Waals surface area (Å²) in [6.45, 7) is 4.00. The minimum absolute atomic E-state index is 0.0244. The summed E-state index contributed by atoms with van der Waals surface area (Å²) in [5, 5.41) is 2.71. The average molecular weight is 409 g/mol. The van der Waals surface area contributed by atoms with E-state index in [-0.39, 0.29) is 30.5 Å². The molecular weight excluding hydrogens is 380 g/mol. The number of nitrogens with one attached hydrogen (secondary N) is 1. The molecule has 8 heteroatoms. The van der Waals surface area contributed by atoms with Gasteiger partial charge in [-0.2, -0.15) is 0 Å². The van der Waals surface area contributed by atoms with Gasteiger partial charge in [0.25, 0.3) is 5.91 Å². The van der Waals surface area contributed by atoms with Crippen LogP contribution in [0.2, 0.25) is 0 Å². The van der Waals surface area contributed by atoms with Crippen molar-refractivity contribution in [3.8, 4) is 0 Å². The third-order valence-electron chi connectivity index (χ3n) is 5.45. The largest absolute Gasteiger partial charge is 0.456 e. The highest BCUT2D eigenvalue weighted by molar-refractivity contribution is 7.91. The first kappa shape index (κ1) is 20.6. The van der Waals surface area contributed by atoms with Crippen LogP contribution < -0.4 is 10.2 Å². The first-order valence-corrected chi connectivity index (χ1v) is 11.6. The lowest BCUT2D eigenvalue weighted by Gasteiger charge is -2.32. The van der Waals surface area contributed by atoms with Crippen LogP contribution in [0.4, 0.5) is 11.4 Å². The maximum atomic E-state index is 12.0. The van der Waals surface area contributed by atoms with Gasteiger partial charge < -0.3 is 15.0 Å². The molecule has 28 heavy (non-hydrogen) atoms. The van der Waals surface area contributed by atoms with Crippen LogP contribution in [0, 0.1) is 11.8 Å². The van der Waals surface area contributed by atoms with Gasteiger partial charge in [-0.1, -0.05) is 6.92 Å². The third kappa shape index (κ3) is 5.95. The predicted octanol–water partition coefficient (Wildman–Crippen LogP) is 2.23. The number of piperidine rings is 1. The van der Waals surface area contributed by atoms with Gasteiger partial charge in [-0.05, 0) is 55.4 Å². The number of anilines is 2. The molecule has 2 fully saturated rings. The van der Waals surface area contributed by atoms with Gasteiger partial charge in [0.1, 0.15) is 0 Å². The number of rotatable bonds is 6. The third-order valence-corrected chi connectivity index (χ3v) is 7.28. The van der Waals surface area contributed by atoms with E-state index in [1.165, 1.54) is 12.8 Å². The Morgan fingerprint density at radius 1 is 1.14 bits per heavy atom. The standard InChI is InChI=1S/C20H28N2O5S/c1-15-6-9-22(10-7-15)18-4-2-17(3-5-18)21-19(23)13-27-20(24)12-16-8-11-28(25,26)14-16/h2-5,15-16H,6-14H2,1H3,(H,21,23)/t16-/m1/s1. The SMILES string of the molecule is CC1CCN(c2ccc(NC(=O)COC(=O)C[C@H]3CCS(=O)(=O)C3)cc2)CC1. The zero-order valence-electron chi connectivity index (χ0n) is 16.2. The Morgan fingerprint density at radius 3 is 2.43 bits per heavy atom. The molecule has 2 heterocycles. The summed E-state index contributed by atoms with van der Waals surface area (Å²) in [6, 6.07) is 7.66. The van der Waals surface area contributed by atoms with Crippen LogP contribution in [0.25, 0.3) is 0 Å². The molecule has 0 radical (unpaired) electrons. The Labute approximate surface area is 166 Å². The fraction of sp³-hybridized carbons (Fsp3) is 0.600. The number of amides is 1. The fourth-order valence-corrected chi connectivity index (χ4v) is 5.55. The molecule has 0 aliphatic carbocycles. The lowest BCUT2D eigenvalue weighted by atomic mass is 9.99. The van der Waals surface area contributed by atoms with E-state index in [1.54, 1.807) is 0 Å². The van der Waals surface area contributed by atoms with E-state index in [9.17, 15) is 18.0 Å². The number of nitrogens with zero attached hydrogens (tertiary/aromatic N) is 1. The molecule has 0 saturated carbocycles. The number of ether oxygens (including phenoxy) is 1. The van der Waals surface area contributed by atoms with Gasteiger partial charge in [-0.15, -0.1) is 0 Å². The molecule has 154 valence electrons. The molecule has 7 nitrogen and oxygen atoms in total. The minimum Gasteiger partial charge on any atom is -0.456 e. The van der Waals surface area contributed by atoms with Crippen molar-refractivity contribution in [2.75, 3.05) is 41.4 Å². The van der Waals surface area contributed by atoms with Crippen molar-refractivity contribution < 1.29 is 22.7 Å². The Morgan fingerprint density at radius 2 is 1.82 bits per heavy atom. The van der Waals surface area contributed by atoms with E-state index in [1.807, 2.05) is 24.3 Å². The van der Waals surface area contributed by atoms with E-state index >= 15 is 0 Å². The van der Waals surface area contributed by atoms with Crippen LogP contribution in [0.1, 0.15) is 32.6 Å². The van der Waals surface area contributed by atoms with Gasteiger partial charge in [-0.25, -0.2) is 8.42 Å². The molecule has 2 aliphatic rings. The lowest BCUT2D eigenvalue weighted by molar-refractivity contribution is -0.148. The zero-order chi connectivity index (χ0) is 20.1. The van der Waals surface area contributed by atoms with Gasteiger partial charge >= 0.3 is 5.97 Å². The number of benzene rings is 1. The molecule has 2 saturated heterocycles. The summed E-state index contributed by atoms with van der Waals surface area (Å²) in [5.74, 6) is -0.227. The second-order valence-corrected chi connectivity index (χ2v) is 10.1. The van der Waals surface area contributed by atoms with Crippen molar-refractivity contribution in [3.05, 3.63) is 24.3 Å². The van der Waals surface area contributed by atoms with Crippen molar-refractivity contribution in [1.82, 2.24) is 0 Å². The summed E-state index contributed by atoms with van der Waals surface area (Å²) in [4.78, 5) is 26.1. The Hall–Kier alpha value is -2.09. The maximum Gasteiger partial charge on any atom is 0.306 e. The molecule has 0 bridgehead atoms. The van der Waals surface area contributed by atoms with E-state index in [2.05, 4.69) is 17.1 Å². The van der Waals surface area contributed by atoms with Crippen LogP contribution in [0.15, 0.2) is 24.3 Å². The Bertz CT molecular complexity index is 798. The number of carbonyl (C=O) groups excluding carboxylic acids is 2.